The van der Waals surface area contributed by atoms with Gasteiger partial charge in [0.2, 0.25) is 0 Å². The maximum absolute atomic E-state index is 12.3. The highest BCUT2D eigenvalue weighted by atomic mass is 16.5. The lowest BCUT2D eigenvalue weighted by molar-refractivity contribution is 0.0915. The summed E-state index contributed by atoms with van der Waals surface area (Å²) in [6.45, 7) is 2.10. The van der Waals surface area contributed by atoms with Crippen LogP contribution in [-0.4, -0.2) is 24.2 Å². The Morgan fingerprint density at radius 1 is 1.38 bits per heavy atom. The van der Waals surface area contributed by atoms with Gasteiger partial charge in [-0.1, -0.05) is 6.42 Å². The fourth-order valence-electron chi connectivity index (χ4n) is 4.13. The molecule has 2 saturated carbocycles. The predicted octanol–water partition coefficient (Wildman–Crippen LogP) is 2.96. The van der Waals surface area contributed by atoms with Crippen LogP contribution in [0.1, 0.15) is 43.0 Å². The molecule has 114 valence electrons. The minimum absolute atomic E-state index is 0.00211. The number of methoxy groups -OCH3 is 1. The number of ether oxygens (including phenoxy) is 1. The van der Waals surface area contributed by atoms with Crippen molar-refractivity contribution < 1.29 is 14.6 Å². The molecule has 0 heterocycles. The molecule has 1 amide bonds. The second-order valence-electron chi connectivity index (χ2n) is 6.49. The van der Waals surface area contributed by atoms with Crippen molar-refractivity contribution in [3.05, 3.63) is 23.8 Å². The van der Waals surface area contributed by atoms with Crippen molar-refractivity contribution in [2.75, 3.05) is 7.11 Å². The average molecular weight is 289 g/mol. The molecule has 0 aromatic heterocycles. The normalized spacial score (nSPS) is 28.4. The molecule has 0 saturated heterocycles. The van der Waals surface area contributed by atoms with E-state index in [-0.39, 0.29) is 17.7 Å². The van der Waals surface area contributed by atoms with Gasteiger partial charge in [-0.25, -0.2) is 0 Å². The number of aromatic hydroxyl groups is 1. The molecule has 1 aromatic rings. The van der Waals surface area contributed by atoms with Gasteiger partial charge in [-0.3, -0.25) is 4.79 Å². The first-order valence-corrected chi connectivity index (χ1v) is 7.76. The Hall–Kier alpha value is -1.71. The Morgan fingerprint density at radius 3 is 2.76 bits per heavy atom. The summed E-state index contributed by atoms with van der Waals surface area (Å²) in [5, 5.41) is 12.9. The summed E-state index contributed by atoms with van der Waals surface area (Å²) in [4.78, 5) is 12.3. The standard InChI is InChI=1S/C17H23NO3/c1-10(14-8-11-3-4-12(14)7-11)18-17(20)13-5-6-16(21-2)15(19)9-13/h5-6,9-12,14,19H,3-4,7-8H2,1-2H3,(H,18,20). The summed E-state index contributed by atoms with van der Waals surface area (Å²) in [6.07, 6.45) is 5.28. The topological polar surface area (TPSA) is 58.6 Å². The van der Waals surface area contributed by atoms with Gasteiger partial charge < -0.3 is 15.2 Å². The first kappa shape index (κ1) is 14.2. The maximum atomic E-state index is 12.3. The van der Waals surface area contributed by atoms with E-state index in [9.17, 15) is 9.90 Å². The van der Waals surface area contributed by atoms with Crippen molar-refractivity contribution in [3.8, 4) is 11.5 Å². The van der Waals surface area contributed by atoms with Crippen LogP contribution in [-0.2, 0) is 0 Å². The quantitative estimate of drug-likeness (QED) is 0.896. The van der Waals surface area contributed by atoms with E-state index in [4.69, 9.17) is 4.74 Å². The van der Waals surface area contributed by atoms with E-state index in [0.29, 0.717) is 17.2 Å². The maximum Gasteiger partial charge on any atom is 0.251 e. The van der Waals surface area contributed by atoms with Crippen LogP contribution >= 0.6 is 0 Å². The van der Waals surface area contributed by atoms with Crippen LogP contribution in [0.5, 0.6) is 11.5 Å². The molecule has 4 unspecified atom stereocenters. The molecule has 2 N–H and O–H groups in total. The van der Waals surface area contributed by atoms with Crippen LogP contribution in [0.4, 0.5) is 0 Å². The van der Waals surface area contributed by atoms with Crippen LogP contribution in [0.15, 0.2) is 18.2 Å². The van der Waals surface area contributed by atoms with Crippen molar-refractivity contribution in [2.24, 2.45) is 17.8 Å². The van der Waals surface area contributed by atoms with Crippen LogP contribution in [0, 0.1) is 17.8 Å². The van der Waals surface area contributed by atoms with Crippen molar-refractivity contribution in [1.29, 1.82) is 0 Å². The SMILES string of the molecule is COc1ccc(C(=O)NC(C)C2CC3CCC2C3)cc1O. The number of amides is 1. The Kier molecular flexibility index (Phi) is 3.79. The van der Waals surface area contributed by atoms with Crippen molar-refractivity contribution in [1.82, 2.24) is 5.32 Å². The van der Waals surface area contributed by atoms with E-state index in [2.05, 4.69) is 12.2 Å². The monoisotopic (exact) mass is 289 g/mol. The molecular weight excluding hydrogens is 266 g/mol. The van der Waals surface area contributed by atoms with Crippen molar-refractivity contribution >= 4 is 5.91 Å². The van der Waals surface area contributed by atoms with E-state index in [0.717, 1.165) is 11.8 Å². The number of hydrogen-bond acceptors (Lipinski definition) is 3. The highest BCUT2D eigenvalue weighted by Crippen LogP contribution is 2.49. The van der Waals surface area contributed by atoms with E-state index in [1.165, 1.54) is 38.9 Å². The van der Waals surface area contributed by atoms with Crippen LogP contribution in [0.2, 0.25) is 0 Å². The average Bonchev–Trinajstić information content (AvgIpc) is 3.09. The molecule has 21 heavy (non-hydrogen) atoms. The molecular formula is C17H23NO3. The molecule has 0 radical (unpaired) electrons. The Morgan fingerprint density at radius 2 is 2.19 bits per heavy atom. The minimum atomic E-state index is -0.122. The number of phenols is 1. The number of rotatable bonds is 4. The van der Waals surface area contributed by atoms with Gasteiger partial charge in [-0.2, -0.15) is 0 Å². The second-order valence-corrected chi connectivity index (χ2v) is 6.49. The summed E-state index contributed by atoms with van der Waals surface area (Å²) in [7, 11) is 1.49. The van der Waals surface area contributed by atoms with Gasteiger partial charge in [0.1, 0.15) is 0 Å². The summed E-state index contributed by atoms with van der Waals surface area (Å²) < 4.78 is 4.99. The Balaban J connectivity index is 1.64. The molecule has 4 heteroatoms. The molecule has 0 spiro atoms. The fraction of sp³-hybridized carbons (Fsp3) is 0.588. The lowest BCUT2D eigenvalue weighted by Crippen LogP contribution is -2.40. The second kappa shape index (κ2) is 5.58. The Labute approximate surface area is 125 Å². The molecule has 3 rings (SSSR count). The Bertz CT molecular complexity index is 543. The van der Waals surface area contributed by atoms with Crippen molar-refractivity contribution in [2.45, 2.75) is 38.6 Å². The number of carbonyl (C=O) groups excluding carboxylic acids is 1. The van der Waals surface area contributed by atoms with E-state index >= 15 is 0 Å². The molecule has 1 aromatic carbocycles. The largest absolute Gasteiger partial charge is 0.504 e. The van der Waals surface area contributed by atoms with Crippen LogP contribution < -0.4 is 10.1 Å². The summed E-state index contributed by atoms with van der Waals surface area (Å²) >= 11 is 0. The zero-order valence-electron chi connectivity index (χ0n) is 12.6. The number of phenolic OH excluding ortho intramolecular Hbond substituents is 1. The number of carbonyl (C=O) groups is 1. The third-order valence-corrected chi connectivity index (χ3v) is 5.23. The molecule has 2 bridgehead atoms. The lowest BCUT2D eigenvalue weighted by Gasteiger charge is -2.28. The van der Waals surface area contributed by atoms with E-state index < -0.39 is 0 Å². The summed E-state index contributed by atoms with van der Waals surface area (Å²) in [5.74, 6) is 2.53. The number of nitrogens with one attached hydrogen (secondary N) is 1. The number of benzene rings is 1. The molecule has 2 fully saturated rings. The smallest absolute Gasteiger partial charge is 0.251 e. The van der Waals surface area contributed by atoms with Gasteiger partial charge in [0.25, 0.3) is 5.91 Å². The summed E-state index contributed by atoms with van der Waals surface area (Å²) in [5.41, 5.74) is 0.475. The van der Waals surface area contributed by atoms with E-state index in [1.807, 2.05) is 0 Å². The molecule has 2 aliphatic rings. The predicted molar refractivity (Wildman–Crippen MR) is 80.5 cm³/mol. The van der Waals surface area contributed by atoms with Gasteiger partial charge >= 0.3 is 0 Å². The van der Waals surface area contributed by atoms with Crippen LogP contribution in [0.3, 0.4) is 0 Å². The van der Waals surface area contributed by atoms with Gasteiger partial charge in [-0.05, 0) is 62.1 Å². The number of hydrogen-bond donors (Lipinski definition) is 2. The highest BCUT2D eigenvalue weighted by molar-refractivity contribution is 5.95. The third-order valence-electron chi connectivity index (χ3n) is 5.23. The molecule has 4 nitrogen and oxygen atoms in total. The fourth-order valence-corrected chi connectivity index (χ4v) is 4.13. The van der Waals surface area contributed by atoms with Gasteiger partial charge in [-0.15, -0.1) is 0 Å². The zero-order chi connectivity index (χ0) is 15.0. The van der Waals surface area contributed by atoms with Gasteiger partial charge in [0, 0.05) is 11.6 Å². The van der Waals surface area contributed by atoms with Crippen LogP contribution in [0.25, 0.3) is 0 Å². The lowest BCUT2D eigenvalue weighted by atomic mass is 9.84. The van der Waals surface area contributed by atoms with Crippen molar-refractivity contribution in [3.63, 3.8) is 0 Å². The molecule has 0 aliphatic heterocycles. The minimum Gasteiger partial charge on any atom is -0.504 e. The van der Waals surface area contributed by atoms with Gasteiger partial charge in [0.15, 0.2) is 11.5 Å². The molecule has 4 atom stereocenters. The molecule has 2 aliphatic carbocycles. The highest BCUT2D eigenvalue weighted by Gasteiger charge is 2.42. The zero-order valence-corrected chi connectivity index (χ0v) is 12.6. The van der Waals surface area contributed by atoms with E-state index in [1.54, 1.807) is 12.1 Å². The first-order valence-electron chi connectivity index (χ1n) is 7.76. The number of fused-ring (bicyclic) bond motifs is 2. The summed E-state index contributed by atoms with van der Waals surface area (Å²) in [6, 6.07) is 4.95. The first-order chi connectivity index (χ1) is 10.1. The third kappa shape index (κ3) is 2.71. The van der Waals surface area contributed by atoms with Gasteiger partial charge in [0.05, 0.1) is 7.11 Å².